The monoisotopic (exact) mass is 224 g/mol. The van der Waals surface area contributed by atoms with Crippen LogP contribution >= 0.6 is 0 Å². The highest BCUT2D eigenvalue weighted by molar-refractivity contribution is 5.84. The highest BCUT2D eigenvalue weighted by Gasteiger charge is 2.22. The second-order valence-electron chi connectivity index (χ2n) is 4.18. The van der Waals surface area contributed by atoms with Gasteiger partial charge in [0.25, 0.3) is 0 Å². The van der Waals surface area contributed by atoms with E-state index in [-0.39, 0.29) is 5.69 Å². The molecule has 1 aromatic rings. The molecule has 88 valence electrons. The van der Waals surface area contributed by atoms with Crippen LogP contribution in [0.5, 0.6) is 0 Å². The van der Waals surface area contributed by atoms with Crippen LogP contribution < -0.4 is 0 Å². The van der Waals surface area contributed by atoms with Crippen LogP contribution in [0.15, 0.2) is 6.20 Å². The van der Waals surface area contributed by atoms with Crippen LogP contribution in [0.3, 0.4) is 0 Å². The standard InChI is InChI=1S/C10H16N4O2/c1-2-13-4-3-8(5-13)6-14-7-9(10(15)16)11-12-14/h7-8H,2-6H2,1H3,(H,15,16)/t8-/m0/s1. The van der Waals surface area contributed by atoms with Crippen LogP contribution in [0.1, 0.15) is 23.8 Å². The molecule has 1 aromatic heterocycles. The first-order valence-electron chi connectivity index (χ1n) is 5.54. The molecule has 16 heavy (non-hydrogen) atoms. The Morgan fingerprint density at radius 2 is 2.50 bits per heavy atom. The van der Waals surface area contributed by atoms with E-state index in [9.17, 15) is 4.79 Å². The van der Waals surface area contributed by atoms with Crippen molar-refractivity contribution in [3.8, 4) is 0 Å². The second kappa shape index (κ2) is 4.61. The van der Waals surface area contributed by atoms with Gasteiger partial charge in [0.15, 0.2) is 5.69 Å². The molecule has 0 aliphatic carbocycles. The molecule has 2 rings (SSSR count). The fourth-order valence-corrected chi connectivity index (χ4v) is 2.10. The summed E-state index contributed by atoms with van der Waals surface area (Å²) in [4.78, 5) is 13.0. The molecule has 1 aliphatic rings. The average molecular weight is 224 g/mol. The Morgan fingerprint density at radius 3 is 3.06 bits per heavy atom. The van der Waals surface area contributed by atoms with Crippen molar-refractivity contribution in [2.45, 2.75) is 19.9 Å². The maximum absolute atomic E-state index is 10.6. The molecule has 6 nitrogen and oxygen atoms in total. The number of rotatable bonds is 4. The SMILES string of the molecule is CCN1CC[C@H](Cn2cc(C(=O)O)nn2)C1. The summed E-state index contributed by atoms with van der Waals surface area (Å²) in [5, 5.41) is 16.1. The summed E-state index contributed by atoms with van der Waals surface area (Å²) in [5.41, 5.74) is 0.0188. The third kappa shape index (κ3) is 2.38. The topological polar surface area (TPSA) is 71.2 Å². The summed E-state index contributed by atoms with van der Waals surface area (Å²) in [5.74, 6) is -0.462. The smallest absolute Gasteiger partial charge is 0.358 e. The van der Waals surface area contributed by atoms with Crippen LogP contribution in [0.25, 0.3) is 0 Å². The Kier molecular flexibility index (Phi) is 3.19. The number of likely N-dealkylation sites (tertiary alicyclic amines) is 1. The molecular formula is C10H16N4O2. The molecule has 0 saturated carbocycles. The first-order valence-corrected chi connectivity index (χ1v) is 5.54. The number of aromatic nitrogens is 3. The summed E-state index contributed by atoms with van der Waals surface area (Å²) in [6.45, 7) is 6.19. The van der Waals surface area contributed by atoms with E-state index in [0.717, 1.165) is 32.6 Å². The lowest BCUT2D eigenvalue weighted by Crippen LogP contribution is -2.21. The van der Waals surface area contributed by atoms with Gasteiger partial charge < -0.3 is 10.0 Å². The highest BCUT2D eigenvalue weighted by Crippen LogP contribution is 2.17. The fourth-order valence-electron chi connectivity index (χ4n) is 2.10. The van der Waals surface area contributed by atoms with Crippen molar-refractivity contribution in [3.05, 3.63) is 11.9 Å². The zero-order valence-corrected chi connectivity index (χ0v) is 9.33. The number of hydrogen-bond donors (Lipinski definition) is 1. The predicted molar refractivity (Wildman–Crippen MR) is 57.2 cm³/mol. The summed E-state index contributed by atoms with van der Waals surface area (Å²) in [6.07, 6.45) is 2.65. The van der Waals surface area contributed by atoms with E-state index >= 15 is 0 Å². The molecule has 0 unspecified atom stereocenters. The van der Waals surface area contributed by atoms with Crippen molar-refractivity contribution in [1.82, 2.24) is 19.9 Å². The molecule has 0 radical (unpaired) electrons. The highest BCUT2D eigenvalue weighted by atomic mass is 16.4. The third-order valence-corrected chi connectivity index (χ3v) is 3.02. The summed E-state index contributed by atoms with van der Waals surface area (Å²) >= 11 is 0. The van der Waals surface area contributed by atoms with Gasteiger partial charge in [-0.05, 0) is 25.4 Å². The first-order chi connectivity index (χ1) is 7.69. The summed E-state index contributed by atoms with van der Waals surface area (Å²) in [7, 11) is 0. The zero-order chi connectivity index (χ0) is 11.5. The van der Waals surface area contributed by atoms with E-state index in [1.165, 1.54) is 6.20 Å². The van der Waals surface area contributed by atoms with Gasteiger partial charge in [0.1, 0.15) is 0 Å². The molecule has 0 aromatic carbocycles. The number of carbonyl (C=O) groups is 1. The van der Waals surface area contributed by atoms with Gasteiger partial charge in [0, 0.05) is 13.1 Å². The minimum Gasteiger partial charge on any atom is -0.476 e. The van der Waals surface area contributed by atoms with E-state index in [2.05, 4.69) is 22.1 Å². The van der Waals surface area contributed by atoms with Crippen molar-refractivity contribution in [1.29, 1.82) is 0 Å². The quantitative estimate of drug-likeness (QED) is 0.797. The number of nitrogens with zero attached hydrogens (tertiary/aromatic N) is 4. The number of hydrogen-bond acceptors (Lipinski definition) is 4. The van der Waals surface area contributed by atoms with Crippen molar-refractivity contribution in [2.24, 2.45) is 5.92 Å². The molecule has 1 aliphatic heterocycles. The van der Waals surface area contributed by atoms with Gasteiger partial charge in [-0.3, -0.25) is 4.68 Å². The van der Waals surface area contributed by atoms with Crippen molar-refractivity contribution in [2.75, 3.05) is 19.6 Å². The molecule has 1 atom stereocenters. The summed E-state index contributed by atoms with van der Waals surface area (Å²) in [6, 6.07) is 0. The molecule has 2 heterocycles. The normalized spacial score (nSPS) is 21.4. The summed E-state index contributed by atoms with van der Waals surface area (Å²) < 4.78 is 1.63. The van der Waals surface area contributed by atoms with E-state index in [4.69, 9.17) is 5.11 Å². The van der Waals surface area contributed by atoms with Crippen molar-refractivity contribution in [3.63, 3.8) is 0 Å². The minimum absolute atomic E-state index is 0.0188. The molecule has 6 heteroatoms. The van der Waals surface area contributed by atoms with E-state index in [1.54, 1.807) is 4.68 Å². The van der Waals surface area contributed by atoms with E-state index in [1.807, 2.05) is 0 Å². The fraction of sp³-hybridized carbons (Fsp3) is 0.700. The van der Waals surface area contributed by atoms with Gasteiger partial charge in [0.05, 0.1) is 6.20 Å². The molecule has 1 N–H and O–H groups in total. The van der Waals surface area contributed by atoms with Crippen LogP contribution in [0.4, 0.5) is 0 Å². The van der Waals surface area contributed by atoms with E-state index in [0.29, 0.717) is 5.92 Å². The van der Waals surface area contributed by atoms with Gasteiger partial charge in [-0.1, -0.05) is 12.1 Å². The lowest BCUT2D eigenvalue weighted by Gasteiger charge is -2.12. The Morgan fingerprint density at radius 1 is 1.69 bits per heavy atom. The lowest BCUT2D eigenvalue weighted by atomic mass is 10.1. The van der Waals surface area contributed by atoms with Crippen LogP contribution in [0, 0.1) is 5.92 Å². The van der Waals surface area contributed by atoms with Gasteiger partial charge in [-0.15, -0.1) is 5.10 Å². The third-order valence-electron chi connectivity index (χ3n) is 3.02. The second-order valence-corrected chi connectivity index (χ2v) is 4.18. The Hall–Kier alpha value is -1.43. The Labute approximate surface area is 93.9 Å². The van der Waals surface area contributed by atoms with Crippen LogP contribution in [-0.2, 0) is 6.54 Å². The maximum Gasteiger partial charge on any atom is 0.358 e. The molecule has 0 spiro atoms. The maximum atomic E-state index is 10.6. The Bertz CT molecular complexity index is 377. The Balaban J connectivity index is 1.92. The molecule has 1 saturated heterocycles. The van der Waals surface area contributed by atoms with E-state index < -0.39 is 5.97 Å². The minimum atomic E-state index is -1.02. The van der Waals surface area contributed by atoms with Crippen LogP contribution in [0.2, 0.25) is 0 Å². The molecule has 1 fully saturated rings. The lowest BCUT2D eigenvalue weighted by molar-refractivity contribution is 0.0690. The number of carboxylic acid groups (broad SMARTS) is 1. The largest absolute Gasteiger partial charge is 0.476 e. The number of carboxylic acids is 1. The van der Waals surface area contributed by atoms with Crippen molar-refractivity contribution < 1.29 is 9.90 Å². The molecular weight excluding hydrogens is 208 g/mol. The molecule has 0 amide bonds. The van der Waals surface area contributed by atoms with Crippen LogP contribution in [-0.4, -0.2) is 50.6 Å². The number of aromatic carboxylic acids is 1. The first kappa shape index (κ1) is 11.1. The molecule has 0 bridgehead atoms. The van der Waals surface area contributed by atoms with Gasteiger partial charge in [-0.2, -0.15) is 0 Å². The van der Waals surface area contributed by atoms with Gasteiger partial charge in [0.2, 0.25) is 0 Å². The van der Waals surface area contributed by atoms with Gasteiger partial charge >= 0.3 is 5.97 Å². The predicted octanol–water partition coefficient (Wildman–Crippen LogP) is 0.318. The van der Waals surface area contributed by atoms with Crippen molar-refractivity contribution >= 4 is 5.97 Å². The average Bonchev–Trinajstić information content (AvgIpc) is 2.87. The zero-order valence-electron chi connectivity index (χ0n) is 9.33. The van der Waals surface area contributed by atoms with Gasteiger partial charge in [-0.25, -0.2) is 4.79 Å².